The first-order valence-corrected chi connectivity index (χ1v) is 9.73. The minimum absolute atomic E-state index is 0.108. The molecule has 0 aromatic heterocycles. The molecule has 7 nitrogen and oxygen atoms in total. The fourth-order valence-corrected chi connectivity index (χ4v) is 3.06. The third kappa shape index (κ3) is 6.71. The molecule has 30 heavy (non-hydrogen) atoms. The molecule has 2 aromatic carbocycles. The molecule has 0 aliphatic heterocycles. The van der Waals surface area contributed by atoms with Crippen molar-refractivity contribution >= 4 is 11.8 Å². The summed E-state index contributed by atoms with van der Waals surface area (Å²) in [6.07, 6.45) is 0. The average molecular weight is 409 g/mol. The molecule has 2 aromatic rings. The summed E-state index contributed by atoms with van der Waals surface area (Å²) in [5.41, 5.74) is 15.8. The molecule has 1 atom stereocenters. The summed E-state index contributed by atoms with van der Waals surface area (Å²) in [5.74, 6) is 5.49. The second-order valence-corrected chi connectivity index (χ2v) is 7.44. The molecule has 0 fully saturated rings. The third-order valence-corrected chi connectivity index (χ3v) is 4.54. The van der Waals surface area contributed by atoms with Crippen LogP contribution in [0.4, 0.5) is 0 Å². The summed E-state index contributed by atoms with van der Waals surface area (Å²) in [7, 11) is 0. The van der Waals surface area contributed by atoms with Crippen LogP contribution >= 0.6 is 0 Å². The Bertz CT molecular complexity index is 912. The van der Waals surface area contributed by atoms with Gasteiger partial charge in [-0.25, -0.2) is 5.48 Å². The van der Waals surface area contributed by atoms with Crippen LogP contribution in [-0.4, -0.2) is 41.1 Å². The zero-order chi connectivity index (χ0) is 22.1. The van der Waals surface area contributed by atoms with E-state index in [9.17, 15) is 9.59 Å². The smallest absolute Gasteiger partial charge is 0.261 e. The maximum Gasteiger partial charge on any atom is 0.261 e. The van der Waals surface area contributed by atoms with E-state index in [2.05, 4.69) is 25.7 Å². The van der Waals surface area contributed by atoms with Crippen LogP contribution in [0.25, 0.3) is 0 Å². The number of hydrogen-bond donors (Lipinski definition) is 4. The zero-order valence-electron chi connectivity index (χ0n) is 17.3. The summed E-state index contributed by atoms with van der Waals surface area (Å²) in [5, 5.41) is 9.00. The number of hydroxylamine groups is 1. The van der Waals surface area contributed by atoms with Crippen molar-refractivity contribution in [2.75, 3.05) is 13.1 Å². The Balaban J connectivity index is 2.11. The van der Waals surface area contributed by atoms with E-state index in [0.717, 1.165) is 16.7 Å². The van der Waals surface area contributed by atoms with Gasteiger partial charge in [-0.15, -0.1) is 0 Å². The predicted molar refractivity (Wildman–Crippen MR) is 115 cm³/mol. The largest absolute Gasteiger partial charge is 0.366 e. The average Bonchev–Trinajstić information content (AvgIpc) is 2.73. The van der Waals surface area contributed by atoms with Gasteiger partial charge in [-0.05, 0) is 47.9 Å². The van der Waals surface area contributed by atoms with Gasteiger partial charge >= 0.3 is 0 Å². The van der Waals surface area contributed by atoms with Gasteiger partial charge in [0.1, 0.15) is 6.04 Å². The van der Waals surface area contributed by atoms with Crippen LogP contribution in [0.2, 0.25) is 0 Å². The number of rotatable bonds is 8. The number of carbonyl (C=O) groups excluding carboxylic acids is 2. The summed E-state index contributed by atoms with van der Waals surface area (Å²) >= 11 is 0. The van der Waals surface area contributed by atoms with Crippen LogP contribution < -0.4 is 16.9 Å². The van der Waals surface area contributed by atoms with Crippen molar-refractivity contribution in [2.45, 2.75) is 26.4 Å². The molecule has 0 spiro atoms. The molecular formula is C23H28N4O3. The number of benzene rings is 2. The number of nitrogens with two attached hydrogens (primary N) is 2. The lowest BCUT2D eigenvalue weighted by atomic mass is 10.1. The van der Waals surface area contributed by atoms with Crippen LogP contribution in [0.5, 0.6) is 0 Å². The lowest BCUT2D eigenvalue weighted by Gasteiger charge is -2.30. The Labute approximate surface area is 177 Å². The Hall–Kier alpha value is -3.18. The minimum atomic E-state index is -0.611. The fourth-order valence-electron chi connectivity index (χ4n) is 3.06. The lowest BCUT2D eigenvalue weighted by molar-refractivity contribution is -0.135. The van der Waals surface area contributed by atoms with Gasteiger partial charge in [-0.3, -0.25) is 19.7 Å². The van der Waals surface area contributed by atoms with Crippen molar-refractivity contribution in [2.24, 2.45) is 17.4 Å². The minimum Gasteiger partial charge on any atom is -0.366 e. The molecule has 0 saturated heterocycles. The number of nitrogens with one attached hydrogen (secondary N) is 1. The molecule has 0 aliphatic carbocycles. The van der Waals surface area contributed by atoms with Gasteiger partial charge in [-0.2, -0.15) is 0 Å². The molecule has 0 saturated carbocycles. The van der Waals surface area contributed by atoms with Crippen LogP contribution in [-0.2, 0) is 11.3 Å². The number of amides is 2. The molecule has 0 heterocycles. The Morgan fingerprint density at radius 2 is 1.57 bits per heavy atom. The number of hydrogen-bond acceptors (Lipinski definition) is 5. The second-order valence-electron chi connectivity index (χ2n) is 7.44. The molecule has 0 aliphatic rings. The Morgan fingerprint density at radius 3 is 2.00 bits per heavy atom. The molecule has 2 amide bonds. The molecule has 0 bridgehead atoms. The molecule has 7 heteroatoms. The van der Waals surface area contributed by atoms with Crippen LogP contribution in [0.1, 0.15) is 40.9 Å². The number of nitrogens with zero attached hydrogens (tertiary/aromatic N) is 1. The highest BCUT2D eigenvalue weighted by atomic mass is 16.5. The quantitative estimate of drug-likeness (QED) is 0.299. The summed E-state index contributed by atoms with van der Waals surface area (Å²) in [4.78, 5) is 25.0. The lowest BCUT2D eigenvalue weighted by Crippen LogP contribution is -2.51. The molecule has 0 unspecified atom stereocenters. The van der Waals surface area contributed by atoms with E-state index in [1.165, 1.54) is 0 Å². The van der Waals surface area contributed by atoms with Crippen LogP contribution in [0.15, 0.2) is 48.5 Å². The van der Waals surface area contributed by atoms with Gasteiger partial charge in [-0.1, -0.05) is 37.8 Å². The first kappa shape index (κ1) is 23.1. The van der Waals surface area contributed by atoms with E-state index < -0.39 is 17.9 Å². The monoisotopic (exact) mass is 408 g/mol. The number of carbonyl (C=O) groups is 2. The standard InChI is InChI=1S/C23H28N4O3/c1-16(2)14-27(21(13-24)23(29)26-30)15-19-7-5-17(6-8-19)3-4-18-9-11-20(12-10-18)22(25)28/h5-12,16,21,30H,13-15,24H2,1-2H3,(H2,25,28)(H,26,29)/t21-/m0/s1. The van der Waals surface area contributed by atoms with Crippen LogP contribution in [0.3, 0.4) is 0 Å². The predicted octanol–water partition coefficient (Wildman–Crippen LogP) is 1.48. The summed E-state index contributed by atoms with van der Waals surface area (Å²) < 4.78 is 0. The Morgan fingerprint density at radius 1 is 1.03 bits per heavy atom. The first-order chi connectivity index (χ1) is 14.3. The normalized spacial score (nSPS) is 11.7. The number of primary amides is 1. The van der Waals surface area contributed by atoms with Crippen molar-refractivity contribution in [3.63, 3.8) is 0 Å². The molecular weight excluding hydrogens is 380 g/mol. The van der Waals surface area contributed by atoms with Crippen molar-refractivity contribution in [3.05, 3.63) is 70.8 Å². The molecule has 158 valence electrons. The maximum atomic E-state index is 12.0. The van der Waals surface area contributed by atoms with Crippen molar-refractivity contribution in [1.82, 2.24) is 10.4 Å². The van der Waals surface area contributed by atoms with Gasteiger partial charge in [0.2, 0.25) is 5.91 Å². The van der Waals surface area contributed by atoms with E-state index in [0.29, 0.717) is 24.6 Å². The van der Waals surface area contributed by atoms with Crippen molar-refractivity contribution in [1.29, 1.82) is 0 Å². The van der Waals surface area contributed by atoms with Gasteiger partial charge in [0.05, 0.1) is 0 Å². The third-order valence-electron chi connectivity index (χ3n) is 4.54. The van der Waals surface area contributed by atoms with E-state index in [4.69, 9.17) is 16.7 Å². The van der Waals surface area contributed by atoms with Crippen molar-refractivity contribution in [3.8, 4) is 11.8 Å². The molecule has 2 rings (SSSR count). The van der Waals surface area contributed by atoms with Gasteiger partial charge < -0.3 is 11.5 Å². The van der Waals surface area contributed by atoms with Gasteiger partial charge in [0.25, 0.3) is 5.91 Å². The van der Waals surface area contributed by atoms with Crippen molar-refractivity contribution < 1.29 is 14.8 Å². The summed E-state index contributed by atoms with van der Waals surface area (Å²) in [6.45, 7) is 5.42. The van der Waals surface area contributed by atoms with Gasteiger partial charge in [0, 0.05) is 36.3 Å². The topological polar surface area (TPSA) is 122 Å². The maximum absolute atomic E-state index is 12.0. The van der Waals surface area contributed by atoms with Crippen LogP contribution in [0, 0.1) is 17.8 Å². The highest BCUT2D eigenvalue weighted by Crippen LogP contribution is 2.13. The van der Waals surface area contributed by atoms with E-state index >= 15 is 0 Å². The zero-order valence-corrected chi connectivity index (χ0v) is 17.3. The summed E-state index contributed by atoms with van der Waals surface area (Å²) in [6, 6.07) is 13.9. The Kier molecular flexibility index (Phi) is 8.56. The van der Waals surface area contributed by atoms with E-state index in [1.807, 2.05) is 29.2 Å². The fraction of sp³-hybridized carbons (Fsp3) is 0.304. The highest BCUT2D eigenvalue weighted by molar-refractivity contribution is 5.92. The SMILES string of the molecule is CC(C)CN(Cc1ccc(C#Cc2ccc(C(N)=O)cc2)cc1)[C@@H](CN)C(=O)NO. The second kappa shape index (κ2) is 11.1. The molecule has 6 N–H and O–H groups in total. The van der Waals surface area contributed by atoms with E-state index in [-0.39, 0.29) is 6.54 Å². The first-order valence-electron chi connectivity index (χ1n) is 9.73. The molecule has 0 radical (unpaired) electrons. The van der Waals surface area contributed by atoms with Gasteiger partial charge in [0.15, 0.2) is 0 Å². The van der Waals surface area contributed by atoms with E-state index in [1.54, 1.807) is 29.7 Å². The highest BCUT2D eigenvalue weighted by Gasteiger charge is 2.25.